The van der Waals surface area contributed by atoms with E-state index in [0.717, 1.165) is 32.9 Å². The number of halogens is 1. The normalized spacial score (nSPS) is 10.9. The van der Waals surface area contributed by atoms with Crippen LogP contribution in [-0.4, -0.2) is 26.9 Å². The van der Waals surface area contributed by atoms with Gasteiger partial charge in [0.15, 0.2) is 15.4 Å². The molecule has 114 valence electrons. The monoisotopic (exact) mass is 352 g/mol. The van der Waals surface area contributed by atoms with E-state index < -0.39 is 0 Å². The number of ether oxygens (including phenoxy) is 1. The van der Waals surface area contributed by atoms with E-state index in [1.165, 1.54) is 11.3 Å². The molecule has 0 aliphatic heterocycles. The van der Waals surface area contributed by atoms with Crippen LogP contribution in [-0.2, 0) is 12.8 Å². The Bertz CT molecular complexity index is 770. The van der Waals surface area contributed by atoms with Crippen LogP contribution in [0.15, 0.2) is 35.6 Å². The summed E-state index contributed by atoms with van der Waals surface area (Å²) in [6.45, 7) is 0. The third-order valence-electron chi connectivity index (χ3n) is 3.05. The average molecular weight is 353 g/mol. The molecule has 0 amide bonds. The second-order valence-electron chi connectivity index (χ2n) is 4.46. The second-order valence-corrected chi connectivity index (χ2v) is 7.10. The SMILES string of the molecule is COc1ccc(-c2nnc(SCc3cnc(Cl)s3)n2C)cc1. The van der Waals surface area contributed by atoms with E-state index in [9.17, 15) is 0 Å². The summed E-state index contributed by atoms with van der Waals surface area (Å²) in [5.41, 5.74) is 1.00. The predicted molar refractivity (Wildman–Crippen MR) is 89.7 cm³/mol. The highest BCUT2D eigenvalue weighted by molar-refractivity contribution is 7.98. The Kier molecular flexibility index (Phi) is 4.66. The van der Waals surface area contributed by atoms with Crippen LogP contribution >= 0.6 is 34.7 Å². The maximum Gasteiger partial charge on any atom is 0.191 e. The number of thioether (sulfide) groups is 1. The summed E-state index contributed by atoms with van der Waals surface area (Å²) in [7, 11) is 3.61. The fourth-order valence-electron chi connectivity index (χ4n) is 1.92. The third-order valence-corrected chi connectivity index (χ3v) is 5.42. The van der Waals surface area contributed by atoms with Gasteiger partial charge in [0.1, 0.15) is 5.75 Å². The summed E-state index contributed by atoms with van der Waals surface area (Å²) in [6, 6.07) is 7.77. The molecule has 0 radical (unpaired) electrons. The molecule has 0 unspecified atom stereocenters. The van der Waals surface area contributed by atoms with E-state index in [2.05, 4.69) is 15.2 Å². The third kappa shape index (κ3) is 3.26. The van der Waals surface area contributed by atoms with E-state index in [1.807, 2.05) is 35.9 Å². The van der Waals surface area contributed by atoms with Crippen LogP contribution in [0.3, 0.4) is 0 Å². The molecule has 22 heavy (non-hydrogen) atoms. The lowest BCUT2D eigenvalue weighted by atomic mass is 10.2. The fourth-order valence-corrected chi connectivity index (χ4v) is 3.83. The molecule has 5 nitrogen and oxygen atoms in total. The first kappa shape index (κ1) is 15.3. The first-order chi connectivity index (χ1) is 10.7. The highest BCUT2D eigenvalue weighted by Crippen LogP contribution is 2.28. The first-order valence-corrected chi connectivity index (χ1v) is 8.62. The molecule has 3 aromatic rings. The molecule has 8 heteroatoms. The van der Waals surface area contributed by atoms with Crippen molar-refractivity contribution >= 4 is 34.7 Å². The van der Waals surface area contributed by atoms with Crippen LogP contribution in [0.25, 0.3) is 11.4 Å². The van der Waals surface area contributed by atoms with Gasteiger partial charge in [-0.1, -0.05) is 23.4 Å². The van der Waals surface area contributed by atoms with Gasteiger partial charge in [0.05, 0.1) is 7.11 Å². The van der Waals surface area contributed by atoms with Gasteiger partial charge in [-0.2, -0.15) is 0 Å². The molecule has 0 aliphatic carbocycles. The predicted octanol–water partition coefficient (Wildman–Crippen LogP) is 3.89. The van der Waals surface area contributed by atoms with E-state index in [-0.39, 0.29) is 0 Å². The number of aromatic nitrogens is 4. The molecular weight excluding hydrogens is 340 g/mol. The zero-order valence-corrected chi connectivity index (χ0v) is 14.4. The van der Waals surface area contributed by atoms with Crippen molar-refractivity contribution in [1.82, 2.24) is 19.7 Å². The number of hydrogen-bond acceptors (Lipinski definition) is 6. The molecule has 0 saturated carbocycles. The van der Waals surface area contributed by atoms with Crippen LogP contribution in [0, 0.1) is 0 Å². The van der Waals surface area contributed by atoms with Gasteiger partial charge in [-0.3, -0.25) is 0 Å². The van der Waals surface area contributed by atoms with Gasteiger partial charge in [0.25, 0.3) is 0 Å². The van der Waals surface area contributed by atoms with Crippen molar-refractivity contribution < 1.29 is 4.74 Å². The number of benzene rings is 1. The maximum absolute atomic E-state index is 5.84. The smallest absolute Gasteiger partial charge is 0.191 e. The minimum Gasteiger partial charge on any atom is -0.497 e. The molecule has 0 N–H and O–H groups in total. The van der Waals surface area contributed by atoms with Crippen molar-refractivity contribution in [2.24, 2.45) is 7.05 Å². The molecule has 2 aromatic heterocycles. The Morgan fingerprint density at radius 1 is 1.27 bits per heavy atom. The number of hydrogen-bond donors (Lipinski definition) is 0. The molecule has 0 aliphatic rings. The highest BCUT2D eigenvalue weighted by Gasteiger charge is 2.12. The van der Waals surface area contributed by atoms with Gasteiger partial charge < -0.3 is 9.30 Å². The summed E-state index contributed by atoms with van der Waals surface area (Å²) in [5, 5.41) is 9.38. The van der Waals surface area contributed by atoms with Crippen LogP contribution < -0.4 is 4.74 Å². The van der Waals surface area contributed by atoms with Gasteiger partial charge in [-0.25, -0.2) is 4.98 Å². The second kappa shape index (κ2) is 6.68. The van der Waals surface area contributed by atoms with Crippen LogP contribution in [0.4, 0.5) is 0 Å². The van der Waals surface area contributed by atoms with Crippen LogP contribution in [0.1, 0.15) is 4.88 Å². The van der Waals surface area contributed by atoms with Crippen molar-refractivity contribution in [3.63, 3.8) is 0 Å². The zero-order valence-electron chi connectivity index (χ0n) is 12.0. The Labute approximate surface area is 141 Å². The van der Waals surface area contributed by atoms with Crippen LogP contribution in [0.5, 0.6) is 5.75 Å². The number of thiazole rings is 1. The van der Waals surface area contributed by atoms with Gasteiger partial charge in [-0.15, -0.1) is 21.5 Å². The largest absolute Gasteiger partial charge is 0.497 e. The maximum atomic E-state index is 5.84. The summed E-state index contributed by atoms with van der Waals surface area (Å²) in [4.78, 5) is 5.15. The van der Waals surface area contributed by atoms with E-state index in [1.54, 1.807) is 25.1 Å². The van der Waals surface area contributed by atoms with Crippen LogP contribution in [0.2, 0.25) is 4.47 Å². The summed E-state index contributed by atoms with van der Waals surface area (Å²) in [6.07, 6.45) is 1.79. The summed E-state index contributed by atoms with van der Waals surface area (Å²) < 4.78 is 7.71. The van der Waals surface area contributed by atoms with Crippen molar-refractivity contribution in [1.29, 1.82) is 0 Å². The van der Waals surface area contributed by atoms with Gasteiger partial charge >= 0.3 is 0 Å². The molecule has 0 fully saturated rings. The quantitative estimate of drug-likeness (QED) is 0.652. The minimum atomic E-state index is 0.562. The lowest BCUT2D eigenvalue weighted by Crippen LogP contribution is -1.95. The van der Waals surface area contributed by atoms with E-state index >= 15 is 0 Å². The number of methoxy groups -OCH3 is 1. The molecule has 0 spiro atoms. The molecule has 0 atom stereocenters. The Morgan fingerprint density at radius 3 is 2.68 bits per heavy atom. The van der Waals surface area contributed by atoms with Crippen molar-refractivity contribution in [2.75, 3.05) is 7.11 Å². The van der Waals surface area contributed by atoms with Gasteiger partial charge in [-0.05, 0) is 24.3 Å². The van der Waals surface area contributed by atoms with Gasteiger partial charge in [0.2, 0.25) is 0 Å². The number of nitrogens with zero attached hydrogens (tertiary/aromatic N) is 4. The van der Waals surface area contributed by atoms with Gasteiger partial charge in [0, 0.05) is 29.4 Å². The standard InChI is InChI=1S/C14H13ClN4OS2/c1-19-12(9-3-5-10(20-2)6-4-9)17-18-14(19)21-8-11-7-16-13(15)22-11/h3-7H,8H2,1-2H3. The lowest BCUT2D eigenvalue weighted by Gasteiger charge is -2.04. The highest BCUT2D eigenvalue weighted by atomic mass is 35.5. The summed E-state index contributed by atoms with van der Waals surface area (Å²) in [5.74, 6) is 2.42. The van der Waals surface area contributed by atoms with Crippen molar-refractivity contribution in [3.05, 3.63) is 39.8 Å². The molecule has 2 heterocycles. The molecule has 0 bridgehead atoms. The minimum absolute atomic E-state index is 0.562. The lowest BCUT2D eigenvalue weighted by molar-refractivity contribution is 0.415. The Hall–Kier alpha value is -1.57. The Balaban J connectivity index is 1.76. The van der Waals surface area contributed by atoms with Crippen molar-refractivity contribution in [2.45, 2.75) is 10.9 Å². The fraction of sp³-hybridized carbons (Fsp3) is 0.214. The van der Waals surface area contributed by atoms with E-state index in [4.69, 9.17) is 16.3 Å². The molecule has 3 rings (SSSR count). The summed E-state index contributed by atoms with van der Waals surface area (Å²) >= 11 is 8.93. The molecule has 0 saturated heterocycles. The number of rotatable bonds is 5. The topological polar surface area (TPSA) is 52.8 Å². The average Bonchev–Trinajstić information content (AvgIpc) is 3.11. The Morgan fingerprint density at radius 2 is 2.05 bits per heavy atom. The molecule has 1 aromatic carbocycles. The van der Waals surface area contributed by atoms with Crippen molar-refractivity contribution in [3.8, 4) is 17.1 Å². The van der Waals surface area contributed by atoms with E-state index in [0.29, 0.717) is 4.47 Å². The zero-order chi connectivity index (χ0) is 15.5. The molecular formula is C14H13ClN4OS2. The first-order valence-electron chi connectivity index (χ1n) is 6.44.